The molecule has 2 saturated heterocycles. The lowest BCUT2D eigenvalue weighted by molar-refractivity contribution is 0.0117. The van der Waals surface area contributed by atoms with Crippen molar-refractivity contribution in [2.75, 3.05) is 32.7 Å². The average Bonchev–Trinajstić information content (AvgIpc) is 2.73. The maximum Gasteiger partial charge on any atom is 0.410 e. The number of rotatable bonds is 3. The van der Waals surface area contributed by atoms with Crippen LogP contribution >= 0.6 is 0 Å². The first kappa shape index (κ1) is 18.5. The van der Waals surface area contributed by atoms with Crippen LogP contribution < -0.4 is 10.6 Å². The van der Waals surface area contributed by atoms with Crippen LogP contribution in [0, 0.1) is 5.41 Å². The van der Waals surface area contributed by atoms with Crippen molar-refractivity contribution in [3.63, 3.8) is 0 Å². The summed E-state index contributed by atoms with van der Waals surface area (Å²) in [6.07, 6.45) is 5.69. The fourth-order valence-electron chi connectivity index (χ4n) is 3.35. The van der Waals surface area contributed by atoms with Gasteiger partial charge in [-0.2, -0.15) is 0 Å². The molecule has 0 bridgehead atoms. The number of likely N-dealkylation sites (tertiary alicyclic amines) is 1. The largest absolute Gasteiger partial charge is 0.444 e. The summed E-state index contributed by atoms with van der Waals surface area (Å²) in [6, 6.07) is 0.644. The minimum atomic E-state index is -0.410. The molecular formula is C18H35N3O2. The molecule has 0 aliphatic carbocycles. The van der Waals surface area contributed by atoms with Crippen LogP contribution in [-0.2, 0) is 4.74 Å². The lowest BCUT2D eigenvalue weighted by atomic mass is 9.80. The number of nitrogens with one attached hydrogen (secondary N) is 2. The van der Waals surface area contributed by atoms with Crippen LogP contribution in [0.2, 0.25) is 0 Å². The van der Waals surface area contributed by atoms with Gasteiger partial charge in [-0.1, -0.05) is 6.92 Å². The Hall–Kier alpha value is -0.810. The summed E-state index contributed by atoms with van der Waals surface area (Å²) in [5.41, 5.74) is -0.120. The van der Waals surface area contributed by atoms with Gasteiger partial charge in [0.1, 0.15) is 5.60 Å². The molecule has 1 unspecified atom stereocenters. The van der Waals surface area contributed by atoms with Crippen LogP contribution in [0.25, 0.3) is 0 Å². The second-order valence-electron chi connectivity index (χ2n) is 8.54. The van der Waals surface area contributed by atoms with Gasteiger partial charge in [0.15, 0.2) is 0 Å². The van der Waals surface area contributed by atoms with Gasteiger partial charge in [0.2, 0.25) is 0 Å². The van der Waals surface area contributed by atoms with Crippen LogP contribution in [0.1, 0.15) is 59.8 Å². The van der Waals surface area contributed by atoms with Crippen LogP contribution in [0.5, 0.6) is 0 Å². The van der Waals surface area contributed by atoms with Crippen LogP contribution in [-0.4, -0.2) is 55.4 Å². The van der Waals surface area contributed by atoms with Gasteiger partial charge in [0, 0.05) is 25.7 Å². The van der Waals surface area contributed by atoms with Gasteiger partial charge in [0.05, 0.1) is 0 Å². The Morgan fingerprint density at radius 2 is 1.96 bits per heavy atom. The van der Waals surface area contributed by atoms with Gasteiger partial charge in [-0.25, -0.2) is 4.79 Å². The predicted molar refractivity (Wildman–Crippen MR) is 93.7 cm³/mol. The molecule has 1 amide bonds. The summed E-state index contributed by atoms with van der Waals surface area (Å²) >= 11 is 0. The highest BCUT2D eigenvalue weighted by Crippen LogP contribution is 2.31. The summed E-state index contributed by atoms with van der Waals surface area (Å²) in [6.45, 7) is 13.1. The van der Waals surface area contributed by atoms with E-state index in [1.165, 1.54) is 19.3 Å². The highest BCUT2D eigenvalue weighted by Gasteiger charge is 2.33. The number of carbonyl (C=O) groups is 1. The minimum absolute atomic E-state index is 0.164. The normalized spacial score (nSPS) is 25.7. The zero-order chi connectivity index (χ0) is 16.9. The van der Waals surface area contributed by atoms with E-state index in [9.17, 15) is 4.79 Å². The number of piperidine rings is 1. The Bertz CT molecular complexity index is 376. The molecule has 2 aliphatic rings. The topological polar surface area (TPSA) is 53.6 Å². The third-order valence-electron chi connectivity index (χ3n) is 5.02. The second kappa shape index (κ2) is 7.84. The molecule has 0 aromatic carbocycles. The molecule has 0 aromatic heterocycles. The van der Waals surface area contributed by atoms with Crippen LogP contribution in [0.4, 0.5) is 4.79 Å². The highest BCUT2D eigenvalue weighted by atomic mass is 16.6. The van der Waals surface area contributed by atoms with Crippen molar-refractivity contribution in [3.05, 3.63) is 0 Å². The van der Waals surface area contributed by atoms with Crippen molar-refractivity contribution in [1.82, 2.24) is 15.5 Å². The van der Waals surface area contributed by atoms with E-state index in [0.29, 0.717) is 6.04 Å². The van der Waals surface area contributed by atoms with Crippen molar-refractivity contribution in [2.24, 2.45) is 5.41 Å². The third-order valence-corrected chi connectivity index (χ3v) is 5.02. The second-order valence-corrected chi connectivity index (χ2v) is 8.54. The maximum absolute atomic E-state index is 12.1. The quantitative estimate of drug-likeness (QED) is 0.838. The molecule has 0 saturated carbocycles. The van der Waals surface area contributed by atoms with Gasteiger partial charge in [-0.3, -0.25) is 0 Å². The molecular weight excluding hydrogens is 290 g/mol. The van der Waals surface area contributed by atoms with Crippen molar-refractivity contribution >= 4 is 6.09 Å². The molecule has 5 nitrogen and oxygen atoms in total. The van der Waals surface area contributed by atoms with E-state index >= 15 is 0 Å². The van der Waals surface area contributed by atoms with Gasteiger partial charge < -0.3 is 20.3 Å². The van der Waals surface area contributed by atoms with E-state index in [1.807, 2.05) is 25.7 Å². The van der Waals surface area contributed by atoms with Crippen molar-refractivity contribution in [3.8, 4) is 0 Å². The zero-order valence-corrected chi connectivity index (χ0v) is 15.4. The fraction of sp³-hybridized carbons (Fsp3) is 0.944. The molecule has 5 heteroatoms. The maximum atomic E-state index is 12.1. The lowest BCUT2D eigenvalue weighted by Crippen LogP contribution is -2.48. The molecule has 2 rings (SSSR count). The standard InChI is InChI=1S/C18H35N3O2/c1-17(2,3)23-16(22)21-12-8-18(4,9-13-21)14-20-15-6-5-10-19-11-7-15/h15,19-20H,5-14H2,1-4H3. The number of hydrogen-bond acceptors (Lipinski definition) is 4. The molecule has 2 N–H and O–H groups in total. The Morgan fingerprint density at radius 3 is 2.61 bits per heavy atom. The molecule has 23 heavy (non-hydrogen) atoms. The van der Waals surface area contributed by atoms with E-state index in [-0.39, 0.29) is 11.5 Å². The van der Waals surface area contributed by atoms with Gasteiger partial charge >= 0.3 is 6.09 Å². The zero-order valence-electron chi connectivity index (χ0n) is 15.4. The van der Waals surface area contributed by atoms with E-state index in [0.717, 1.165) is 45.6 Å². The summed E-state index contributed by atoms with van der Waals surface area (Å²) < 4.78 is 5.48. The molecule has 0 aromatic rings. The van der Waals surface area contributed by atoms with Crippen molar-refractivity contribution in [1.29, 1.82) is 0 Å². The highest BCUT2D eigenvalue weighted by molar-refractivity contribution is 5.68. The van der Waals surface area contributed by atoms with E-state index in [1.54, 1.807) is 0 Å². The lowest BCUT2D eigenvalue weighted by Gasteiger charge is -2.40. The summed E-state index contributed by atoms with van der Waals surface area (Å²) in [7, 11) is 0. The van der Waals surface area contributed by atoms with Crippen LogP contribution in [0.15, 0.2) is 0 Å². The molecule has 0 radical (unpaired) electrons. The van der Waals surface area contributed by atoms with Crippen molar-refractivity contribution in [2.45, 2.75) is 71.4 Å². The summed E-state index contributed by atoms with van der Waals surface area (Å²) in [5, 5.41) is 7.24. The average molecular weight is 325 g/mol. The molecule has 1 atom stereocenters. The summed E-state index contributed by atoms with van der Waals surface area (Å²) in [5.74, 6) is 0. The minimum Gasteiger partial charge on any atom is -0.444 e. The summed E-state index contributed by atoms with van der Waals surface area (Å²) in [4.78, 5) is 14.0. The molecule has 2 heterocycles. The Labute approximate surface area is 141 Å². The fourth-order valence-corrected chi connectivity index (χ4v) is 3.35. The first-order valence-electron chi connectivity index (χ1n) is 9.19. The van der Waals surface area contributed by atoms with Crippen molar-refractivity contribution < 1.29 is 9.53 Å². The first-order chi connectivity index (χ1) is 10.8. The number of nitrogens with zero attached hydrogens (tertiary/aromatic N) is 1. The van der Waals surface area contributed by atoms with Gasteiger partial charge in [0.25, 0.3) is 0 Å². The molecule has 2 fully saturated rings. The molecule has 0 spiro atoms. The number of amides is 1. The SMILES string of the molecule is CC1(CNC2CCCNCC2)CCN(C(=O)OC(C)(C)C)CC1. The van der Waals surface area contributed by atoms with E-state index in [4.69, 9.17) is 4.74 Å². The number of ether oxygens (including phenoxy) is 1. The monoisotopic (exact) mass is 325 g/mol. The van der Waals surface area contributed by atoms with E-state index in [2.05, 4.69) is 17.6 Å². The molecule has 2 aliphatic heterocycles. The Balaban J connectivity index is 1.74. The van der Waals surface area contributed by atoms with Crippen LogP contribution in [0.3, 0.4) is 0 Å². The third kappa shape index (κ3) is 6.30. The van der Waals surface area contributed by atoms with Gasteiger partial charge in [-0.05, 0) is 71.4 Å². The smallest absolute Gasteiger partial charge is 0.410 e. The van der Waals surface area contributed by atoms with Gasteiger partial charge in [-0.15, -0.1) is 0 Å². The molecule has 134 valence electrons. The predicted octanol–water partition coefficient (Wildman–Crippen LogP) is 2.76. The Morgan fingerprint density at radius 1 is 1.26 bits per heavy atom. The first-order valence-corrected chi connectivity index (χ1v) is 9.19. The van der Waals surface area contributed by atoms with E-state index < -0.39 is 5.60 Å². The number of carbonyl (C=O) groups excluding carboxylic acids is 1. The number of hydrogen-bond donors (Lipinski definition) is 2. The Kier molecular flexibility index (Phi) is 6.32.